The zero-order valence-corrected chi connectivity index (χ0v) is 10.5. The van der Waals surface area contributed by atoms with Crippen LogP contribution in [0.1, 0.15) is 27.2 Å². The number of piperazine rings is 1. The highest BCUT2D eigenvalue weighted by atomic mass is 35.5. The summed E-state index contributed by atoms with van der Waals surface area (Å²) in [5.74, 6) is -0.177. The Labute approximate surface area is 101 Å². The fourth-order valence-electron chi connectivity index (χ4n) is 1.86. The van der Waals surface area contributed by atoms with Crippen molar-refractivity contribution in [3.8, 4) is 0 Å². The van der Waals surface area contributed by atoms with Gasteiger partial charge in [0.15, 0.2) is 0 Å². The van der Waals surface area contributed by atoms with Gasteiger partial charge in [-0.1, -0.05) is 24.6 Å². The van der Waals surface area contributed by atoms with Crippen LogP contribution in [0.5, 0.6) is 0 Å². The van der Waals surface area contributed by atoms with E-state index in [1.54, 1.807) is 24.8 Å². The first-order valence-electron chi connectivity index (χ1n) is 5.32. The summed E-state index contributed by atoms with van der Waals surface area (Å²) in [7, 11) is 0. The largest absolute Gasteiger partial charge is 0.340 e. The molecule has 90 valence electrons. The highest BCUT2D eigenvalue weighted by Crippen LogP contribution is 2.19. The maximum atomic E-state index is 12.1. The molecule has 0 spiro atoms. The van der Waals surface area contributed by atoms with Gasteiger partial charge in [0.25, 0.3) is 0 Å². The molecular weight excluding hydrogens is 228 g/mol. The van der Waals surface area contributed by atoms with E-state index in [0.717, 1.165) is 0 Å². The third-order valence-corrected chi connectivity index (χ3v) is 2.87. The molecule has 1 N–H and O–H groups in total. The van der Waals surface area contributed by atoms with Crippen LogP contribution in [0.4, 0.5) is 0 Å². The Bertz CT molecular complexity index is 326. The molecule has 1 saturated heterocycles. The van der Waals surface area contributed by atoms with Crippen LogP contribution in [0.25, 0.3) is 0 Å². The number of amides is 2. The number of nitrogens with zero attached hydrogens (tertiary/aromatic N) is 1. The Hall–Kier alpha value is -1.03. The van der Waals surface area contributed by atoms with Gasteiger partial charge in [0.2, 0.25) is 11.8 Å². The van der Waals surface area contributed by atoms with E-state index in [1.807, 2.05) is 6.92 Å². The summed E-state index contributed by atoms with van der Waals surface area (Å²) < 4.78 is 0. The van der Waals surface area contributed by atoms with Gasteiger partial charge >= 0.3 is 0 Å². The molecule has 0 aromatic heterocycles. The summed E-state index contributed by atoms with van der Waals surface area (Å²) in [6.45, 7) is 5.66. The van der Waals surface area contributed by atoms with Crippen LogP contribution in [0.15, 0.2) is 11.6 Å². The second kappa shape index (κ2) is 4.87. The van der Waals surface area contributed by atoms with Crippen molar-refractivity contribution in [2.45, 2.75) is 38.8 Å². The average Bonchev–Trinajstić information content (AvgIpc) is 2.20. The van der Waals surface area contributed by atoms with E-state index < -0.39 is 11.6 Å². The van der Waals surface area contributed by atoms with Crippen molar-refractivity contribution in [3.63, 3.8) is 0 Å². The molecule has 0 aromatic carbocycles. The molecule has 1 fully saturated rings. The number of carbonyl (C=O) groups excluding carboxylic acids is 2. The van der Waals surface area contributed by atoms with Gasteiger partial charge in [-0.3, -0.25) is 9.59 Å². The monoisotopic (exact) mass is 244 g/mol. The maximum Gasteiger partial charge on any atom is 0.248 e. The highest BCUT2D eigenvalue weighted by Gasteiger charge is 2.43. The summed E-state index contributed by atoms with van der Waals surface area (Å²) in [4.78, 5) is 25.5. The second-order valence-electron chi connectivity index (χ2n) is 4.36. The molecule has 1 unspecified atom stereocenters. The van der Waals surface area contributed by atoms with Crippen LogP contribution >= 0.6 is 11.6 Å². The van der Waals surface area contributed by atoms with Crippen LogP contribution in [-0.4, -0.2) is 34.8 Å². The minimum atomic E-state index is -0.830. The van der Waals surface area contributed by atoms with Gasteiger partial charge < -0.3 is 10.2 Å². The molecule has 1 aliphatic heterocycles. The van der Waals surface area contributed by atoms with Crippen molar-refractivity contribution in [3.05, 3.63) is 11.6 Å². The first-order valence-corrected chi connectivity index (χ1v) is 5.76. The van der Waals surface area contributed by atoms with Gasteiger partial charge in [-0.05, 0) is 20.3 Å². The normalized spacial score (nSPS) is 25.0. The molecule has 5 heteroatoms. The Morgan fingerprint density at radius 3 is 2.62 bits per heavy atom. The molecule has 0 aromatic rings. The molecule has 16 heavy (non-hydrogen) atoms. The Morgan fingerprint density at radius 2 is 2.12 bits per heavy atom. The lowest BCUT2D eigenvalue weighted by atomic mass is 9.96. The van der Waals surface area contributed by atoms with Gasteiger partial charge in [-0.25, -0.2) is 0 Å². The number of halogens is 1. The lowest BCUT2D eigenvalue weighted by Gasteiger charge is -2.42. The number of carbonyl (C=O) groups is 2. The van der Waals surface area contributed by atoms with Gasteiger partial charge in [0.1, 0.15) is 11.6 Å². The van der Waals surface area contributed by atoms with E-state index in [0.29, 0.717) is 13.0 Å². The Balaban J connectivity index is 2.96. The third kappa shape index (κ3) is 2.38. The smallest absolute Gasteiger partial charge is 0.248 e. The van der Waals surface area contributed by atoms with Crippen molar-refractivity contribution in [1.29, 1.82) is 0 Å². The van der Waals surface area contributed by atoms with Gasteiger partial charge in [0.05, 0.1) is 0 Å². The van der Waals surface area contributed by atoms with Gasteiger partial charge in [0, 0.05) is 12.1 Å². The second-order valence-corrected chi connectivity index (χ2v) is 4.61. The van der Waals surface area contributed by atoms with Crippen molar-refractivity contribution in [2.24, 2.45) is 0 Å². The molecule has 2 amide bonds. The SMILES string of the molecule is CCC1C(=O)NC(C)(C)C(=O)N1C/C=C/Cl. The predicted octanol–water partition coefficient (Wildman–Crippen LogP) is 1.25. The minimum Gasteiger partial charge on any atom is -0.340 e. The van der Waals surface area contributed by atoms with Crippen LogP contribution in [0.3, 0.4) is 0 Å². The lowest BCUT2D eigenvalue weighted by molar-refractivity contribution is -0.152. The summed E-state index contributed by atoms with van der Waals surface area (Å²) in [5.41, 5.74) is 0.530. The van der Waals surface area contributed by atoms with Crippen LogP contribution in [0, 0.1) is 0 Å². The Kier molecular flexibility index (Phi) is 3.97. The number of rotatable bonds is 3. The average molecular weight is 245 g/mol. The van der Waals surface area contributed by atoms with E-state index in [-0.39, 0.29) is 11.8 Å². The molecule has 0 bridgehead atoms. The minimum absolute atomic E-state index is 0.0753. The summed E-state index contributed by atoms with van der Waals surface area (Å²) >= 11 is 5.45. The lowest BCUT2D eigenvalue weighted by Crippen LogP contribution is -2.67. The summed E-state index contributed by atoms with van der Waals surface area (Å²) in [6, 6.07) is -0.395. The fourth-order valence-corrected chi connectivity index (χ4v) is 1.94. The Morgan fingerprint density at radius 1 is 1.50 bits per heavy atom. The summed E-state index contributed by atoms with van der Waals surface area (Å²) in [5, 5.41) is 2.73. The molecule has 4 nitrogen and oxygen atoms in total. The highest BCUT2D eigenvalue weighted by molar-refractivity contribution is 6.25. The van der Waals surface area contributed by atoms with Crippen molar-refractivity contribution < 1.29 is 9.59 Å². The van der Waals surface area contributed by atoms with E-state index in [2.05, 4.69) is 5.32 Å². The zero-order valence-electron chi connectivity index (χ0n) is 9.79. The van der Waals surface area contributed by atoms with E-state index in [4.69, 9.17) is 11.6 Å². The summed E-state index contributed by atoms with van der Waals surface area (Å²) in [6.07, 6.45) is 2.26. The standard InChI is InChI=1S/C11H17ClN2O2/c1-4-8-9(15)13-11(2,3)10(16)14(8)7-5-6-12/h5-6,8H,4,7H2,1-3H3,(H,13,15)/b6-5+. The molecule has 1 atom stereocenters. The first kappa shape index (κ1) is 13.0. The molecule has 0 saturated carbocycles. The molecule has 1 heterocycles. The molecule has 0 aliphatic carbocycles. The van der Waals surface area contributed by atoms with Crippen LogP contribution in [0.2, 0.25) is 0 Å². The van der Waals surface area contributed by atoms with Crippen molar-refractivity contribution in [1.82, 2.24) is 10.2 Å². The maximum absolute atomic E-state index is 12.1. The number of hydrogen-bond donors (Lipinski definition) is 1. The molecular formula is C11H17ClN2O2. The topological polar surface area (TPSA) is 49.4 Å². The van der Waals surface area contributed by atoms with Gasteiger partial charge in [-0.15, -0.1) is 0 Å². The number of nitrogens with one attached hydrogen (secondary N) is 1. The fraction of sp³-hybridized carbons (Fsp3) is 0.636. The van der Waals surface area contributed by atoms with E-state index >= 15 is 0 Å². The third-order valence-electron chi connectivity index (χ3n) is 2.69. The molecule has 0 radical (unpaired) electrons. The van der Waals surface area contributed by atoms with E-state index in [1.165, 1.54) is 5.54 Å². The van der Waals surface area contributed by atoms with E-state index in [9.17, 15) is 9.59 Å². The predicted molar refractivity (Wildman–Crippen MR) is 63.0 cm³/mol. The van der Waals surface area contributed by atoms with Crippen LogP contribution in [-0.2, 0) is 9.59 Å². The molecule has 1 aliphatic rings. The van der Waals surface area contributed by atoms with Crippen molar-refractivity contribution >= 4 is 23.4 Å². The van der Waals surface area contributed by atoms with Crippen LogP contribution < -0.4 is 5.32 Å². The van der Waals surface area contributed by atoms with Crippen molar-refractivity contribution in [2.75, 3.05) is 6.54 Å². The first-order chi connectivity index (χ1) is 7.44. The molecule has 1 rings (SSSR count). The quantitative estimate of drug-likeness (QED) is 0.813. The number of hydrogen-bond acceptors (Lipinski definition) is 2. The zero-order chi connectivity index (χ0) is 12.3. The van der Waals surface area contributed by atoms with Gasteiger partial charge in [-0.2, -0.15) is 0 Å².